The van der Waals surface area contributed by atoms with Crippen LogP contribution in [0.15, 0.2) is 47.5 Å². The molecule has 8 nitrogen and oxygen atoms in total. The van der Waals surface area contributed by atoms with Crippen molar-refractivity contribution in [2.24, 2.45) is 11.7 Å². The van der Waals surface area contributed by atoms with Crippen LogP contribution in [-0.4, -0.2) is 60.0 Å². The van der Waals surface area contributed by atoms with Gasteiger partial charge in [-0.05, 0) is 48.9 Å². The van der Waals surface area contributed by atoms with E-state index in [-0.39, 0.29) is 17.5 Å². The number of aromatic amines is 1. The SMILES string of the molecule is CNc1cc(-c2c[nH]c(=O)c(N(CC3CC3)[C@@H]3CCN(C(=O)C=CCN)C3)c2)ccn1. The zero-order chi connectivity index (χ0) is 21.8. The van der Waals surface area contributed by atoms with Crippen molar-refractivity contribution >= 4 is 17.4 Å². The molecular weight excluding hydrogens is 392 g/mol. The third kappa shape index (κ3) is 4.96. The van der Waals surface area contributed by atoms with Gasteiger partial charge in [0.1, 0.15) is 11.5 Å². The van der Waals surface area contributed by atoms with Crippen molar-refractivity contribution in [1.29, 1.82) is 0 Å². The molecule has 2 aromatic rings. The highest BCUT2D eigenvalue weighted by Gasteiger charge is 2.34. The third-order valence-corrected chi connectivity index (χ3v) is 6.01. The molecule has 3 heterocycles. The second kappa shape index (κ2) is 9.34. The van der Waals surface area contributed by atoms with Gasteiger partial charge in [0.2, 0.25) is 5.91 Å². The van der Waals surface area contributed by atoms with E-state index in [0.29, 0.717) is 31.2 Å². The van der Waals surface area contributed by atoms with Crippen molar-refractivity contribution in [3.8, 4) is 11.1 Å². The van der Waals surface area contributed by atoms with Crippen LogP contribution in [0.3, 0.4) is 0 Å². The van der Waals surface area contributed by atoms with Crippen LogP contribution in [-0.2, 0) is 4.79 Å². The summed E-state index contributed by atoms with van der Waals surface area (Å²) in [5, 5.41) is 3.05. The molecule has 0 spiro atoms. The van der Waals surface area contributed by atoms with Gasteiger partial charge in [-0.1, -0.05) is 6.08 Å². The average Bonchev–Trinajstić information content (AvgIpc) is 3.49. The number of H-pyrrole nitrogens is 1. The molecule has 2 aromatic heterocycles. The van der Waals surface area contributed by atoms with E-state index in [4.69, 9.17) is 5.73 Å². The van der Waals surface area contributed by atoms with E-state index in [1.807, 2.05) is 30.1 Å². The fraction of sp³-hybridized carbons (Fsp3) is 0.435. The maximum atomic E-state index is 12.9. The van der Waals surface area contributed by atoms with Crippen LogP contribution in [0.4, 0.5) is 11.5 Å². The summed E-state index contributed by atoms with van der Waals surface area (Å²) >= 11 is 0. The van der Waals surface area contributed by atoms with Crippen molar-refractivity contribution in [2.45, 2.75) is 25.3 Å². The number of rotatable bonds is 8. The highest BCUT2D eigenvalue weighted by molar-refractivity contribution is 5.88. The fourth-order valence-electron chi connectivity index (χ4n) is 4.09. The standard InChI is InChI=1S/C23H30N6O2/c1-25-21-12-17(6-9-26-21)18-11-20(23(31)27-13-18)29(14-16-4-5-16)19-7-10-28(15-19)22(30)3-2-8-24/h2-3,6,9,11-13,16,19H,4-5,7-8,10,14-15,24H2,1H3,(H,25,26)(H,27,31)/t19-/m1/s1. The number of hydrogen-bond donors (Lipinski definition) is 3. The summed E-state index contributed by atoms with van der Waals surface area (Å²) < 4.78 is 0. The van der Waals surface area contributed by atoms with E-state index < -0.39 is 0 Å². The van der Waals surface area contributed by atoms with Gasteiger partial charge in [-0.2, -0.15) is 0 Å². The third-order valence-electron chi connectivity index (χ3n) is 6.01. The lowest BCUT2D eigenvalue weighted by Crippen LogP contribution is -2.42. The summed E-state index contributed by atoms with van der Waals surface area (Å²) in [6.45, 7) is 2.50. The van der Waals surface area contributed by atoms with Crippen LogP contribution in [0.25, 0.3) is 11.1 Å². The molecule has 1 atom stereocenters. The molecule has 2 aliphatic rings. The average molecular weight is 423 g/mol. The van der Waals surface area contributed by atoms with Gasteiger partial charge in [-0.25, -0.2) is 4.98 Å². The number of carbonyl (C=O) groups is 1. The first-order valence-electron chi connectivity index (χ1n) is 10.9. The Labute approximate surface area is 182 Å². The largest absolute Gasteiger partial charge is 0.373 e. The number of nitrogens with two attached hydrogens (primary N) is 1. The van der Waals surface area contributed by atoms with Gasteiger partial charge in [0.15, 0.2) is 0 Å². The minimum Gasteiger partial charge on any atom is -0.373 e. The number of nitrogens with zero attached hydrogens (tertiary/aromatic N) is 3. The van der Waals surface area contributed by atoms with E-state index in [2.05, 4.69) is 20.2 Å². The summed E-state index contributed by atoms with van der Waals surface area (Å²) in [6.07, 6.45) is 9.96. The number of nitrogens with one attached hydrogen (secondary N) is 2. The molecule has 0 aromatic carbocycles. The van der Waals surface area contributed by atoms with Crippen molar-refractivity contribution in [3.05, 3.63) is 53.1 Å². The van der Waals surface area contributed by atoms with Crippen LogP contribution in [0, 0.1) is 5.92 Å². The van der Waals surface area contributed by atoms with E-state index in [0.717, 1.165) is 29.9 Å². The van der Waals surface area contributed by atoms with Crippen LogP contribution in [0.5, 0.6) is 0 Å². The van der Waals surface area contributed by atoms with Gasteiger partial charge < -0.3 is 25.8 Å². The van der Waals surface area contributed by atoms with E-state index in [9.17, 15) is 9.59 Å². The van der Waals surface area contributed by atoms with Gasteiger partial charge in [-0.15, -0.1) is 0 Å². The fourth-order valence-corrected chi connectivity index (χ4v) is 4.09. The molecule has 1 saturated carbocycles. The first-order chi connectivity index (χ1) is 15.1. The summed E-state index contributed by atoms with van der Waals surface area (Å²) in [4.78, 5) is 36.5. The summed E-state index contributed by atoms with van der Waals surface area (Å²) in [5.41, 5.74) is 7.97. The quantitative estimate of drug-likeness (QED) is 0.560. The molecule has 1 saturated heterocycles. The van der Waals surface area contributed by atoms with Gasteiger partial charge in [0.25, 0.3) is 5.56 Å². The lowest BCUT2D eigenvalue weighted by molar-refractivity contribution is -0.125. The van der Waals surface area contributed by atoms with Crippen molar-refractivity contribution < 1.29 is 4.79 Å². The first-order valence-corrected chi connectivity index (χ1v) is 10.9. The lowest BCUT2D eigenvalue weighted by atomic mass is 10.1. The highest BCUT2D eigenvalue weighted by atomic mass is 16.2. The predicted molar refractivity (Wildman–Crippen MR) is 123 cm³/mol. The second-order valence-electron chi connectivity index (χ2n) is 8.24. The molecule has 4 N–H and O–H groups in total. The van der Waals surface area contributed by atoms with E-state index in [1.54, 1.807) is 24.5 Å². The van der Waals surface area contributed by atoms with Crippen LogP contribution in [0.1, 0.15) is 19.3 Å². The molecule has 1 amide bonds. The zero-order valence-electron chi connectivity index (χ0n) is 17.9. The topological polar surface area (TPSA) is 107 Å². The Morgan fingerprint density at radius 2 is 2.19 bits per heavy atom. The molecule has 164 valence electrons. The van der Waals surface area contributed by atoms with Crippen LogP contribution < -0.4 is 21.5 Å². The number of hydrogen-bond acceptors (Lipinski definition) is 6. The maximum Gasteiger partial charge on any atom is 0.271 e. The molecule has 31 heavy (non-hydrogen) atoms. The smallest absolute Gasteiger partial charge is 0.271 e. The Hall–Kier alpha value is -3.13. The van der Waals surface area contributed by atoms with Crippen LogP contribution in [0.2, 0.25) is 0 Å². The summed E-state index contributed by atoms with van der Waals surface area (Å²) in [7, 11) is 1.83. The second-order valence-corrected chi connectivity index (χ2v) is 8.24. The number of aromatic nitrogens is 2. The Morgan fingerprint density at radius 3 is 2.94 bits per heavy atom. The Morgan fingerprint density at radius 1 is 1.35 bits per heavy atom. The molecule has 0 bridgehead atoms. The molecule has 8 heteroatoms. The highest BCUT2D eigenvalue weighted by Crippen LogP contribution is 2.34. The molecule has 0 unspecified atom stereocenters. The number of pyridine rings is 2. The van der Waals surface area contributed by atoms with Gasteiger partial charge in [0, 0.05) is 63.3 Å². The molecule has 0 radical (unpaired) electrons. The summed E-state index contributed by atoms with van der Waals surface area (Å²) in [5.74, 6) is 1.37. The Kier molecular flexibility index (Phi) is 6.36. The molecule has 1 aliphatic heterocycles. The molecule has 4 rings (SSSR count). The lowest BCUT2D eigenvalue weighted by Gasteiger charge is -2.31. The Balaban J connectivity index is 1.61. The Bertz CT molecular complexity index is 1010. The zero-order valence-corrected chi connectivity index (χ0v) is 17.9. The van der Waals surface area contributed by atoms with Gasteiger partial charge in [0.05, 0.1) is 0 Å². The minimum absolute atomic E-state index is 0.0154. The predicted octanol–water partition coefficient (Wildman–Crippen LogP) is 1.81. The van der Waals surface area contributed by atoms with Crippen molar-refractivity contribution in [2.75, 3.05) is 43.4 Å². The molecule has 2 fully saturated rings. The van der Waals surface area contributed by atoms with Gasteiger partial charge >= 0.3 is 0 Å². The number of anilines is 2. The maximum absolute atomic E-state index is 12.9. The minimum atomic E-state index is -0.0971. The van der Waals surface area contributed by atoms with Gasteiger partial charge in [-0.3, -0.25) is 9.59 Å². The molecule has 1 aliphatic carbocycles. The van der Waals surface area contributed by atoms with Crippen molar-refractivity contribution in [1.82, 2.24) is 14.9 Å². The number of carbonyl (C=O) groups excluding carboxylic acids is 1. The van der Waals surface area contributed by atoms with Crippen LogP contribution >= 0.6 is 0 Å². The molecular formula is C23H30N6O2. The summed E-state index contributed by atoms with van der Waals surface area (Å²) in [6, 6.07) is 5.98. The number of likely N-dealkylation sites (tertiary alicyclic amines) is 1. The number of amides is 1. The van der Waals surface area contributed by atoms with E-state index in [1.165, 1.54) is 12.8 Å². The monoisotopic (exact) mass is 422 g/mol. The van der Waals surface area contributed by atoms with Crippen molar-refractivity contribution in [3.63, 3.8) is 0 Å². The van der Waals surface area contributed by atoms with E-state index >= 15 is 0 Å². The first kappa shape index (κ1) is 21.1. The normalized spacial score (nSPS) is 18.5.